The molecule has 0 spiro atoms. The summed E-state index contributed by atoms with van der Waals surface area (Å²) in [6.45, 7) is 3.75. The number of hydrogen-bond acceptors (Lipinski definition) is 6. The molecule has 1 amide bonds. The van der Waals surface area contributed by atoms with Crippen LogP contribution in [0.25, 0.3) is 22.4 Å². The van der Waals surface area contributed by atoms with Crippen LogP contribution in [0.2, 0.25) is 0 Å². The summed E-state index contributed by atoms with van der Waals surface area (Å²) >= 11 is 0. The minimum atomic E-state index is -3.99. The molecule has 3 N–H and O–H groups in total. The number of aliphatic carboxylic acids is 1. The molecule has 1 atom stereocenters. The van der Waals surface area contributed by atoms with Crippen LogP contribution in [0, 0.1) is 6.92 Å². The van der Waals surface area contributed by atoms with Crippen molar-refractivity contribution in [3.05, 3.63) is 52.7 Å². The molecular formula is C25H29N3O6S. The van der Waals surface area contributed by atoms with E-state index in [1.165, 1.54) is 7.05 Å². The Bertz CT molecular complexity index is 1370. The van der Waals surface area contributed by atoms with E-state index in [1.54, 1.807) is 13.0 Å². The second-order valence-corrected chi connectivity index (χ2v) is 10.7. The van der Waals surface area contributed by atoms with E-state index in [1.807, 2.05) is 31.2 Å². The fourth-order valence-corrected chi connectivity index (χ4v) is 5.48. The third kappa shape index (κ3) is 5.38. The second kappa shape index (κ2) is 9.79. The van der Waals surface area contributed by atoms with Crippen molar-refractivity contribution >= 4 is 33.0 Å². The van der Waals surface area contributed by atoms with Crippen LogP contribution in [0.5, 0.6) is 0 Å². The molecule has 2 aromatic heterocycles. The van der Waals surface area contributed by atoms with Gasteiger partial charge in [0.1, 0.15) is 17.6 Å². The van der Waals surface area contributed by atoms with Crippen LogP contribution in [0.15, 0.2) is 34.7 Å². The number of carbonyl (C=O) groups excluding carboxylic acids is 1. The van der Waals surface area contributed by atoms with Gasteiger partial charge in [-0.2, -0.15) is 0 Å². The van der Waals surface area contributed by atoms with E-state index >= 15 is 0 Å². The molecule has 0 radical (unpaired) electrons. The standard InChI is InChI=1S/C25H29N3O6S/c1-4-5-19(25(30)31)28-35(32,33)13-20-17(15-10-11-15)12-18-21(23(29)26-3)22(34-24(18)27-20)16-8-6-14(2)7-9-16/h6-9,12,15,19,28H,4-5,10-11,13H2,1-3H3,(H,26,29)(H,30,31). The molecule has 0 bridgehead atoms. The zero-order valence-corrected chi connectivity index (χ0v) is 20.7. The third-order valence-corrected chi connectivity index (χ3v) is 7.40. The number of amides is 1. The molecule has 1 saturated carbocycles. The monoisotopic (exact) mass is 499 g/mol. The molecule has 1 aliphatic carbocycles. The molecule has 2 heterocycles. The first-order chi connectivity index (χ1) is 16.6. The Morgan fingerprint density at radius 2 is 1.91 bits per heavy atom. The van der Waals surface area contributed by atoms with Gasteiger partial charge in [0, 0.05) is 12.6 Å². The van der Waals surface area contributed by atoms with Gasteiger partial charge in [-0.1, -0.05) is 43.2 Å². The number of fused-ring (bicyclic) bond motifs is 1. The topological polar surface area (TPSA) is 139 Å². The molecule has 9 nitrogen and oxygen atoms in total. The number of rotatable bonds is 10. The minimum Gasteiger partial charge on any atom is -0.480 e. The number of nitrogens with zero attached hydrogens (tertiary/aromatic N) is 1. The maximum Gasteiger partial charge on any atom is 0.321 e. The maximum atomic E-state index is 12.9. The van der Waals surface area contributed by atoms with Gasteiger partial charge in [0.25, 0.3) is 5.91 Å². The highest BCUT2D eigenvalue weighted by atomic mass is 32.2. The van der Waals surface area contributed by atoms with E-state index in [0.29, 0.717) is 34.4 Å². The first-order valence-electron chi connectivity index (χ1n) is 11.6. The average Bonchev–Trinajstić information content (AvgIpc) is 3.58. The van der Waals surface area contributed by atoms with Gasteiger partial charge in [0.15, 0.2) is 0 Å². The molecular weight excluding hydrogens is 470 g/mol. The maximum absolute atomic E-state index is 12.9. The van der Waals surface area contributed by atoms with E-state index in [2.05, 4.69) is 15.0 Å². The zero-order valence-electron chi connectivity index (χ0n) is 19.9. The summed E-state index contributed by atoms with van der Waals surface area (Å²) in [5, 5.41) is 12.5. The fraction of sp³-hybridized carbons (Fsp3) is 0.400. The van der Waals surface area contributed by atoms with Crippen molar-refractivity contribution in [1.82, 2.24) is 15.0 Å². The molecule has 0 saturated heterocycles. The van der Waals surface area contributed by atoms with E-state index in [4.69, 9.17) is 4.42 Å². The number of nitrogens with one attached hydrogen (secondary N) is 2. The first-order valence-corrected chi connectivity index (χ1v) is 13.3. The second-order valence-electron chi connectivity index (χ2n) is 8.96. The summed E-state index contributed by atoms with van der Waals surface area (Å²) < 4.78 is 34.1. The molecule has 4 rings (SSSR count). The van der Waals surface area contributed by atoms with Crippen LogP contribution >= 0.6 is 0 Å². The zero-order chi connectivity index (χ0) is 25.3. The van der Waals surface area contributed by atoms with Crippen LogP contribution in [-0.2, 0) is 20.6 Å². The van der Waals surface area contributed by atoms with Gasteiger partial charge in [0.05, 0.1) is 16.6 Å². The number of aryl methyl sites for hydroxylation is 1. The normalized spacial score (nSPS) is 14.7. The Morgan fingerprint density at radius 1 is 1.23 bits per heavy atom. The largest absolute Gasteiger partial charge is 0.480 e. The fourth-order valence-electron chi connectivity index (χ4n) is 4.16. The van der Waals surface area contributed by atoms with Crippen molar-refractivity contribution in [1.29, 1.82) is 0 Å². The molecule has 10 heteroatoms. The van der Waals surface area contributed by atoms with Gasteiger partial charge >= 0.3 is 5.97 Å². The molecule has 35 heavy (non-hydrogen) atoms. The lowest BCUT2D eigenvalue weighted by atomic mass is 10.0. The Morgan fingerprint density at radius 3 is 2.49 bits per heavy atom. The quantitative estimate of drug-likeness (QED) is 0.386. The van der Waals surface area contributed by atoms with Crippen LogP contribution in [0.1, 0.15) is 65.7 Å². The first kappa shape index (κ1) is 24.9. The molecule has 3 aromatic rings. The van der Waals surface area contributed by atoms with E-state index in [-0.39, 0.29) is 24.0 Å². The van der Waals surface area contributed by atoms with E-state index in [9.17, 15) is 23.1 Å². The number of carbonyl (C=O) groups is 2. The highest BCUT2D eigenvalue weighted by molar-refractivity contribution is 7.88. The van der Waals surface area contributed by atoms with Gasteiger partial charge in [-0.05, 0) is 43.7 Å². The van der Waals surface area contributed by atoms with E-state index in [0.717, 1.165) is 24.0 Å². The molecule has 1 aliphatic rings. The SMILES string of the molecule is CCCC(NS(=O)(=O)Cc1nc2oc(-c3ccc(C)cc3)c(C(=O)NC)c2cc1C1CC1)C(=O)O. The number of sulfonamides is 1. The summed E-state index contributed by atoms with van der Waals surface area (Å²) in [6, 6.07) is 8.15. The summed E-state index contributed by atoms with van der Waals surface area (Å²) in [6.07, 6.45) is 2.48. The minimum absolute atomic E-state index is 0.137. The van der Waals surface area contributed by atoms with Crippen molar-refractivity contribution in [2.45, 2.75) is 57.2 Å². The Kier molecular flexibility index (Phi) is 6.95. The van der Waals surface area contributed by atoms with E-state index < -0.39 is 27.8 Å². The van der Waals surface area contributed by atoms with Crippen LogP contribution < -0.4 is 10.0 Å². The Hall–Kier alpha value is -3.24. The Balaban J connectivity index is 1.81. The number of benzene rings is 1. The van der Waals surface area contributed by atoms with Gasteiger partial charge in [-0.15, -0.1) is 0 Å². The predicted molar refractivity (Wildman–Crippen MR) is 132 cm³/mol. The van der Waals surface area contributed by atoms with Crippen LogP contribution in [-0.4, -0.2) is 43.5 Å². The number of pyridine rings is 1. The summed E-state index contributed by atoms with van der Waals surface area (Å²) in [5.74, 6) is -1.52. The lowest BCUT2D eigenvalue weighted by Crippen LogP contribution is -2.41. The lowest BCUT2D eigenvalue weighted by molar-refractivity contribution is -0.139. The molecule has 0 aliphatic heterocycles. The van der Waals surface area contributed by atoms with Gasteiger partial charge in [0.2, 0.25) is 15.7 Å². The average molecular weight is 500 g/mol. The number of hydrogen-bond donors (Lipinski definition) is 3. The highest BCUT2D eigenvalue weighted by Crippen LogP contribution is 2.44. The number of furan rings is 1. The van der Waals surface area contributed by atoms with Crippen molar-refractivity contribution in [2.75, 3.05) is 7.05 Å². The summed E-state index contributed by atoms with van der Waals surface area (Å²) in [5.41, 5.74) is 3.33. The summed E-state index contributed by atoms with van der Waals surface area (Å²) in [7, 11) is -2.45. The van der Waals surface area contributed by atoms with Crippen molar-refractivity contribution in [3.8, 4) is 11.3 Å². The van der Waals surface area contributed by atoms with Crippen LogP contribution in [0.4, 0.5) is 0 Å². The predicted octanol–water partition coefficient (Wildman–Crippen LogP) is 3.71. The third-order valence-electron chi connectivity index (χ3n) is 6.10. The molecule has 186 valence electrons. The van der Waals surface area contributed by atoms with Crippen LogP contribution in [0.3, 0.4) is 0 Å². The highest BCUT2D eigenvalue weighted by Gasteiger charge is 2.33. The number of carboxylic acid groups (broad SMARTS) is 1. The molecule has 1 fully saturated rings. The number of carboxylic acids is 1. The smallest absolute Gasteiger partial charge is 0.321 e. The van der Waals surface area contributed by atoms with Gasteiger partial charge < -0.3 is 14.8 Å². The van der Waals surface area contributed by atoms with Crippen molar-refractivity contribution in [2.24, 2.45) is 0 Å². The molecule has 1 aromatic carbocycles. The van der Waals surface area contributed by atoms with Crippen molar-refractivity contribution in [3.63, 3.8) is 0 Å². The lowest BCUT2D eigenvalue weighted by Gasteiger charge is -2.15. The van der Waals surface area contributed by atoms with Crippen molar-refractivity contribution < 1.29 is 27.5 Å². The number of aromatic nitrogens is 1. The van der Waals surface area contributed by atoms with Gasteiger partial charge in [-0.3, -0.25) is 9.59 Å². The Labute approximate surface area is 204 Å². The molecule has 1 unspecified atom stereocenters. The van der Waals surface area contributed by atoms with Gasteiger partial charge in [-0.25, -0.2) is 18.1 Å². The summed E-state index contributed by atoms with van der Waals surface area (Å²) in [4.78, 5) is 28.9.